The quantitative estimate of drug-likeness (QED) is 0.0460. The molecule has 4 aromatic carbocycles. The molecule has 14 nitrogen and oxygen atoms in total. The van der Waals surface area contributed by atoms with E-state index in [1.54, 1.807) is 44.8 Å². The maximum Gasteiger partial charge on any atom is 0.259 e. The number of hydrogen-bond acceptors (Lipinski definition) is 13. The van der Waals surface area contributed by atoms with Crippen molar-refractivity contribution in [2.24, 2.45) is 0 Å². The lowest BCUT2D eigenvalue weighted by molar-refractivity contribution is -0.0906. The maximum atomic E-state index is 13.7. The first-order chi connectivity index (χ1) is 31.5. The van der Waals surface area contributed by atoms with Crippen molar-refractivity contribution in [2.45, 2.75) is 86.0 Å². The van der Waals surface area contributed by atoms with E-state index in [9.17, 15) is 8.42 Å². The van der Waals surface area contributed by atoms with Crippen molar-refractivity contribution >= 4 is 37.6 Å². The molecule has 65 heavy (non-hydrogen) atoms. The fraction of sp³-hybridized carbons (Fsp3) is 0.396. The molecule has 0 radical (unpaired) electrons. The normalized spacial score (nSPS) is 22.6. The van der Waals surface area contributed by atoms with E-state index in [4.69, 9.17) is 37.7 Å². The lowest BCUT2D eigenvalue weighted by atomic mass is 9.80. The Bertz CT molecular complexity index is 2590. The highest BCUT2D eigenvalue weighted by Crippen LogP contribution is 2.58. The Balaban J connectivity index is 1.06. The van der Waals surface area contributed by atoms with Crippen molar-refractivity contribution in [1.82, 2.24) is 24.2 Å². The number of rotatable bonds is 18. The summed E-state index contributed by atoms with van der Waals surface area (Å²) in [6, 6.07) is 35.4. The van der Waals surface area contributed by atoms with Crippen LogP contribution in [0.5, 0.6) is 17.4 Å². The van der Waals surface area contributed by atoms with Gasteiger partial charge in [-0.05, 0) is 72.0 Å². The first-order valence-corrected chi connectivity index (χ1v) is 28.6. The third-order valence-corrected chi connectivity index (χ3v) is 17.7. The minimum absolute atomic E-state index is 0.0862. The first-order valence-electron chi connectivity index (χ1n) is 22.1. The Labute approximate surface area is 383 Å². The molecule has 2 aromatic heterocycles. The van der Waals surface area contributed by atoms with Gasteiger partial charge in [0.15, 0.2) is 21.0 Å². The maximum absolute atomic E-state index is 13.7. The molecule has 9 rings (SSSR count). The van der Waals surface area contributed by atoms with Gasteiger partial charge in [0, 0.05) is 27.1 Å². The van der Waals surface area contributed by atoms with Crippen molar-refractivity contribution in [2.75, 3.05) is 39.7 Å². The Morgan fingerprint density at radius 2 is 1.46 bits per heavy atom. The molecular weight excluding hydrogens is 882 g/mol. The molecule has 0 amide bonds. The Hall–Kier alpha value is -4.77. The van der Waals surface area contributed by atoms with Crippen LogP contribution in [0.1, 0.15) is 42.2 Å². The van der Waals surface area contributed by atoms with Crippen molar-refractivity contribution in [3.8, 4) is 17.4 Å². The van der Waals surface area contributed by atoms with E-state index in [-0.39, 0.29) is 23.3 Å². The summed E-state index contributed by atoms with van der Waals surface area (Å²) in [4.78, 5) is 14.1. The van der Waals surface area contributed by atoms with Gasteiger partial charge in [0.2, 0.25) is 5.88 Å². The molecule has 3 saturated heterocycles. The van der Waals surface area contributed by atoms with Crippen LogP contribution < -0.4 is 14.2 Å². The molecule has 0 unspecified atom stereocenters. The number of fused-ring (bicyclic) bond motifs is 2. The van der Waals surface area contributed by atoms with Crippen LogP contribution in [0.25, 0.3) is 11.2 Å². The second-order valence-corrected chi connectivity index (χ2v) is 26.9. The van der Waals surface area contributed by atoms with Gasteiger partial charge in [0.05, 0.1) is 56.6 Å². The Kier molecular flexibility index (Phi) is 13.4. The minimum Gasteiger partial charge on any atom is -0.497 e. The predicted molar refractivity (Wildman–Crippen MR) is 251 cm³/mol. The molecule has 0 spiro atoms. The molecule has 17 heteroatoms. The highest BCUT2D eigenvalue weighted by Gasteiger charge is 2.51. The van der Waals surface area contributed by atoms with E-state index >= 15 is 0 Å². The van der Waals surface area contributed by atoms with Gasteiger partial charge in [0.1, 0.15) is 35.8 Å². The number of nitrogens with zero attached hydrogens (tertiary/aromatic N) is 5. The highest BCUT2D eigenvalue weighted by molar-refractivity contribution is 7.91. The van der Waals surface area contributed by atoms with Crippen LogP contribution in [0.2, 0.25) is 25.7 Å². The molecule has 0 aliphatic carbocycles. The van der Waals surface area contributed by atoms with E-state index in [0.717, 1.165) is 53.6 Å². The number of sulfone groups is 1. The SMILES string of the molecule is COc1ccc(C(OC[C@H]2O[C@@H](n3cnc4c(OCC[Si](C)(C)C)ncnc43)C[C@@H]2O[P@]2O[C@H](CS(=O)(=O)c3ccccc3)[C@@H]3CCCN32)(c2ccccc2)c2ccc(OC)cc2)cc1. The van der Waals surface area contributed by atoms with Crippen molar-refractivity contribution < 1.29 is 41.1 Å². The van der Waals surface area contributed by atoms with Gasteiger partial charge in [-0.25, -0.2) is 23.1 Å². The van der Waals surface area contributed by atoms with Crippen LogP contribution in [0.3, 0.4) is 0 Å². The molecule has 6 atom stereocenters. The fourth-order valence-electron chi connectivity index (χ4n) is 8.90. The van der Waals surface area contributed by atoms with Gasteiger partial charge in [-0.3, -0.25) is 4.57 Å². The summed E-state index contributed by atoms with van der Waals surface area (Å²) in [5, 5.41) is 0. The second-order valence-electron chi connectivity index (χ2n) is 17.8. The van der Waals surface area contributed by atoms with Crippen LogP contribution in [0, 0.1) is 0 Å². The van der Waals surface area contributed by atoms with Gasteiger partial charge >= 0.3 is 0 Å². The summed E-state index contributed by atoms with van der Waals surface area (Å²) in [5.41, 5.74) is 2.69. The van der Waals surface area contributed by atoms with Gasteiger partial charge in [-0.2, -0.15) is 4.98 Å². The predicted octanol–water partition coefficient (Wildman–Crippen LogP) is 8.81. The molecule has 3 fully saturated rings. The summed E-state index contributed by atoms with van der Waals surface area (Å²) < 4.78 is 77.1. The van der Waals surface area contributed by atoms with Gasteiger partial charge in [-0.15, -0.1) is 0 Å². The number of ether oxygens (including phenoxy) is 5. The molecule has 0 saturated carbocycles. The van der Waals surface area contributed by atoms with Gasteiger partial charge in [-0.1, -0.05) is 92.4 Å². The molecule has 0 N–H and O–H groups in total. The smallest absolute Gasteiger partial charge is 0.259 e. The molecule has 0 bridgehead atoms. The summed E-state index contributed by atoms with van der Waals surface area (Å²) in [6.07, 6.45) is 3.10. The third kappa shape index (κ3) is 9.59. The fourth-order valence-corrected chi connectivity index (χ4v) is 13.2. The molecule has 342 valence electrons. The van der Waals surface area contributed by atoms with Gasteiger partial charge < -0.3 is 32.7 Å². The third-order valence-electron chi connectivity index (χ3n) is 12.4. The highest BCUT2D eigenvalue weighted by atomic mass is 32.2. The largest absolute Gasteiger partial charge is 0.497 e. The van der Waals surface area contributed by atoms with Crippen molar-refractivity contribution in [1.29, 1.82) is 0 Å². The van der Waals surface area contributed by atoms with Crippen LogP contribution in [-0.2, 0) is 34.0 Å². The Morgan fingerprint density at radius 3 is 2.11 bits per heavy atom. The number of benzene rings is 4. The van der Waals surface area contributed by atoms with Crippen LogP contribution in [-0.4, -0.2) is 105 Å². The molecule has 5 heterocycles. The number of aromatic nitrogens is 4. The van der Waals surface area contributed by atoms with E-state index in [2.05, 4.69) is 46.4 Å². The van der Waals surface area contributed by atoms with E-state index in [0.29, 0.717) is 30.1 Å². The van der Waals surface area contributed by atoms with E-state index < -0.39 is 56.6 Å². The standard InChI is InChI=1S/C48H56N5O9PSSi/c1-56-37-22-18-35(19-23-37)48(34-13-8-6-9-14-34,36-20-24-38(57-2)25-21-36)59-30-42-41(29-44(60-42)52-33-51-45-46(52)49-32-50-47(45)58-27-28-65(3,4)5)61-63-53-26-12-17-40(53)43(62-63)31-64(54,55)39-15-10-7-11-16-39/h6-11,13-16,18-25,32-33,40-44H,12,17,26-31H2,1-5H3/t40-,41-,42+,43+,44+,63+/m0/s1. The van der Waals surface area contributed by atoms with Crippen LogP contribution >= 0.6 is 8.53 Å². The zero-order chi connectivity index (χ0) is 45.2. The monoisotopic (exact) mass is 937 g/mol. The second kappa shape index (κ2) is 19.2. The number of imidazole rings is 1. The lowest BCUT2D eigenvalue weighted by Crippen LogP contribution is -2.38. The van der Waals surface area contributed by atoms with E-state index in [1.807, 2.05) is 77.4 Å². The zero-order valence-electron chi connectivity index (χ0n) is 37.4. The Morgan fingerprint density at radius 1 is 0.815 bits per heavy atom. The molecule has 3 aliphatic heterocycles. The lowest BCUT2D eigenvalue weighted by Gasteiger charge is -2.37. The van der Waals surface area contributed by atoms with Crippen LogP contribution in [0.15, 0.2) is 127 Å². The average molecular weight is 938 g/mol. The van der Waals surface area contributed by atoms with Crippen molar-refractivity contribution in [3.05, 3.63) is 139 Å². The van der Waals surface area contributed by atoms with Gasteiger partial charge in [0.25, 0.3) is 8.53 Å². The minimum atomic E-state index is -3.62. The van der Waals surface area contributed by atoms with Crippen LogP contribution in [0.4, 0.5) is 0 Å². The van der Waals surface area contributed by atoms with E-state index in [1.165, 1.54) is 6.33 Å². The average Bonchev–Trinajstić information content (AvgIpc) is 4.13. The topological polar surface area (TPSA) is 146 Å². The summed E-state index contributed by atoms with van der Waals surface area (Å²) in [6.45, 7) is 8.31. The number of methoxy groups -OCH3 is 2. The molecular formula is C48H56N5O9PSSi. The molecule has 3 aliphatic rings. The summed E-state index contributed by atoms with van der Waals surface area (Å²) in [7, 11) is -3.34. The number of hydrogen-bond donors (Lipinski definition) is 0. The summed E-state index contributed by atoms with van der Waals surface area (Å²) >= 11 is 0. The molecule has 6 aromatic rings. The van der Waals surface area contributed by atoms with Crippen molar-refractivity contribution in [3.63, 3.8) is 0 Å². The first kappa shape index (κ1) is 45.4. The summed E-state index contributed by atoms with van der Waals surface area (Å²) in [5.74, 6) is 1.73. The zero-order valence-corrected chi connectivity index (χ0v) is 40.1.